The number of anilines is 1. The summed E-state index contributed by atoms with van der Waals surface area (Å²) >= 11 is 12.7. The predicted molar refractivity (Wildman–Crippen MR) is 119 cm³/mol. The molecule has 1 aromatic carbocycles. The second-order valence-electron chi connectivity index (χ2n) is 7.44. The van der Waals surface area contributed by atoms with Crippen molar-refractivity contribution in [1.29, 1.82) is 0 Å². The first-order valence-electron chi connectivity index (χ1n) is 10.3. The van der Waals surface area contributed by atoms with Crippen molar-refractivity contribution in [3.63, 3.8) is 0 Å². The standard InChI is InChI=1S/C22H24Cl2N4O2/c1-2-19-25-21-17(12-15(23)13-18(21)24)22(26-19)28(14-16-6-5-11-30-16)10-7-20(29)27-8-3-4-9-27/h5-6,11-13H,2-4,7-10,14H2,1H3. The highest BCUT2D eigenvalue weighted by Crippen LogP contribution is 2.33. The maximum Gasteiger partial charge on any atom is 0.224 e. The lowest BCUT2D eigenvalue weighted by Crippen LogP contribution is -2.33. The fraction of sp³-hybridized carbons (Fsp3) is 0.409. The first kappa shape index (κ1) is 20.9. The zero-order valence-corrected chi connectivity index (χ0v) is 18.4. The van der Waals surface area contributed by atoms with E-state index in [1.165, 1.54) is 0 Å². The van der Waals surface area contributed by atoms with Gasteiger partial charge in [-0.15, -0.1) is 0 Å². The summed E-state index contributed by atoms with van der Waals surface area (Å²) in [7, 11) is 0. The number of halogens is 2. The third-order valence-corrected chi connectivity index (χ3v) is 5.85. The molecule has 0 atom stereocenters. The highest BCUT2D eigenvalue weighted by Gasteiger charge is 2.22. The first-order chi connectivity index (χ1) is 14.5. The van der Waals surface area contributed by atoms with Crippen LogP contribution in [0.5, 0.6) is 0 Å². The zero-order valence-electron chi connectivity index (χ0n) is 16.9. The van der Waals surface area contributed by atoms with Crippen LogP contribution >= 0.6 is 23.2 Å². The van der Waals surface area contributed by atoms with Gasteiger partial charge in [-0.05, 0) is 37.1 Å². The normalized spacial score (nSPS) is 13.9. The van der Waals surface area contributed by atoms with Crippen molar-refractivity contribution in [3.05, 3.63) is 52.2 Å². The summed E-state index contributed by atoms with van der Waals surface area (Å²) in [6.45, 7) is 4.69. The Kier molecular flexibility index (Phi) is 6.44. The molecule has 0 bridgehead atoms. The number of fused-ring (bicyclic) bond motifs is 1. The molecule has 2 aromatic heterocycles. The van der Waals surface area contributed by atoms with Gasteiger partial charge in [0.15, 0.2) is 0 Å². The van der Waals surface area contributed by atoms with Crippen LogP contribution in [0.1, 0.15) is 37.8 Å². The Balaban J connectivity index is 1.71. The van der Waals surface area contributed by atoms with Gasteiger partial charge >= 0.3 is 0 Å². The second-order valence-corrected chi connectivity index (χ2v) is 8.28. The summed E-state index contributed by atoms with van der Waals surface area (Å²) in [5, 5.41) is 1.78. The predicted octanol–water partition coefficient (Wildman–Crippen LogP) is 5.11. The molecule has 3 heterocycles. The van der Waals surface area contributed by atoms with Crippen LogP contribution in [-0.4, -0.2) is 40.4 Å². The molecule has 1 aliphatic rings. The van der Waals surface area contributed by atoms with E-state index in [9.17, 15) is 4.79 Å². The molecule has 30 heavy (non-hydrogen) atoms. The first-order valence-corrected chi connectivity index (χ1v) is 11.0. The molecule has 3 aromatic rings. The average molecular weight is 447 g/mol. The van der Waals surface area contributed by atoms with Crippen molar-refractivity contribution in [2.75, 3.05) is 24.5 Å². The van der Waals surface area contributed by atoms with Crippen LogP contribution < -0.4 is 4.90 Å². The van der Waals surface area contributed by atoms with Crippen molar-refractivity contribution in [2.45, 2.75) is 39.2 Å². The maximum atomic E-state index is 12.7. The van der Waals surface area contributed by atoms with Crippen LogP contribution in [0, 0.1) is 0 Å². The molecule has 158 valence electrons. The van der Waals surface area contributed by atoms with Gasteiger partial charge in [-0.3, -0.25) is 4.79 Å². The van der Waals surface area contributed by atoms with Gasteiger partial charge in [0.1, 0.15) is 17.4 Å². The van der Waals surface area contributed by atoms with Crippen LogP contribution in [0.25, 0.3) is 10.9 Å². The number of carbonyl (C=O) groups excluding carboxylic acids is 1. The molecule has 4 rings (SSSR count). The molecule has 0 saturated carbocycles. The van der Waals surface area contributed by atoms with Crippen molar-refractivity contribution in [3.8, 4) is 0 Å². The minimum absolute atomic E-state index is 0.169. The average Bonchev–Trinajstić information content (AvgIpc) is 3.44. The van der Waals surface area contributed by atoms with E-state index in [0.717, 1.165) is 37.1 Å². The molecule has 1 saturated heterocycles. The summed E-state index contributed by atoms with van der Waals surface area (Å²) in [6, 6.07) is 7.29. The number of rotatable bonds is 7. The van der Waals surface area contributed by atoms with Crippen molar-refractivity contribution >= 4 is 45.8 Å². The van der Waals surface area contributed by atoms with Gasteiger partial charge in [-0.2, -0.15) is 0 Å². The fourth-order valence-corrected chi connectivity index (χ4v) is 4.33. The van der Waals surface area contributed by atoms with Crippen LogP contribution in [0.15, 0.2) is 34.9 Å². The lowest BCUT2D eigenvalue weighted by atomic mass is 10.2. The minimum Gasteiger partial charge on any atom is -0.467 e. The second kappa shape index (κ2) is 9.23. The molecule has 0 radical (unpaired) electrons. The Bertz CT molecular complexity index is 1030. The van der Waals surface area contributed by atoms with Gasteiger partial charge < -0.3 is 14.2 Å². The molecular formula is C22H24Cl2N4O2. The van der Waals surface area contributed by atoms with E-state index in [1.54, 1.807) is 12.3 Å². The number of benzene rings is 1. The van der Waals surface area contributed by atoms with Gasteiger partial charge in [0.25, 0.3) is 0 Å². The molecule has 1 aliphatic heterocycles. The highest BCUT2D eigenvalue weighted by molar-refractivity contribution is 6.38. The van der Waals surface area contributed by atoms with Gasteiger partial charge in [0, 0.05) is 42.9 Å². The van der Waals surface area contributed by atoms with E-state index >= 15 is 0 Å². The van der Waals surface area contributed by atoms with Crippen LogP contribution in [0.4, 0.5) is 5.82 Å². The van der Waals surface area contributed by atoms with E-state index in [1.807, 2.05) is 30.0 Å². The number of hydrogen-bond acceptors (Lipinski definition) is 5. The Morgan fingerprint density at radius 2 is 2.03 bits per heavy atom. The van der Waals surface area contributed by atoms with Gasteiger partial charge in [0.2, 0.25) is 5.91 Å². The zero-order chi connectivity index (χ0) is 21.1. The van der Waals surface area contributed by atoms with E-state index in [-0.39, 0.29) is 5.91 Å². The Morgan fingerprint density at radius 3 is 2.73 bits per heavy atom. The topological polar surface area (TPSA) is 62.5 Å². The van der Waals surface area contributed by atoms with Gasteiger partial charge in [0.05, 0.1) is 23.3 Å². The van der Waals surface area contributed by atoms with Crippen molar-refractivity contribution < 1.29 is 9.21 Å². The third-order valence-electron chi connectivity index (χ3n) is 5.34. The van der Waals surface area contributed by atoms with Gasteiger partial charge in [-0.1, -0.05) is 30.1 Å². The number of carbonyl (C=O) groups is 1. The number of hydrogen-bond donors (Lipinski definition) is 0. The molecule has 0 N–H and O–H groups in total. The molecule has 0 spiro atoms. The number of amides is 1. The monoisotopic (exact) mass is 446 g/mol. The molecule has 0 aliphatic carbocycles. The van der Waals surface area contributed by atoms with Crippen molar-refractivity contribution in [1.82, 2.24) is 14.9 Å². The molecule has 1 amide bonds. The van der Waals surface area contributed by atoms with Crippen LogP contribution in [-0.2, 0) is 17.8 Å². The molecule has 8 heteroatoms. The minimum atomic E-state index is 0.169. The summed E-state index contributed by atoms with van der Waals surface area (Å²) in [4.78, 5) is 26.1. The molecular weight excluding hydrogens is 423 g/mol. The number of likely N-dealkylation sites (tertiary alicyclic amines) is 1. The van der Waals surface area contributed by atoms with E-state index in [4.69, 9.17) is 32.6 Å². The van der Waals surface area contributed by atoms with E-state index < -0.39 is 0 Å². The Hall–Kier alpha value is -2.31. The maximum absolute atomic E-state index is 12.7. The lowest BCUT2D eigenvalue weighted by molar-refractivity contribution is -0.129. The molecule has 0 unspecified atom stereocenters. The van der Waals surface area contributed by atoms with Crippen LogP contribution in [0.2, 0.25) is 10.0 Å². The van der Waals surface area contributed by atoms with E-state index in [0.29, 0.717) is 53.1 Å². The number of aromatic nitrogens is 2. The Morgan fingerprint density at radius 1 is 1.23 bits per heavy atom. The Labute approximate surface area is 185 Å². The molecule has 1 fully saturated rings. The summed E-state index contributed by atoms with van der Waals surface area (Å²) < 4.78 is 5.58. The van der Waals surface area contributed by atoms with E-state index in [2.05, 4.69) is 9.88 Å². The summed E-state index contributed by atoms with van der Waals surface area (Å²) in [5.74, 6) is 2.37. The lowest BCUT2D eigenvalue weighted by Gasteiger charge is -2.26. The fourth-order valence-electron chi connectivity index (χ4n) is 3.79. The van der Waals surface area contributed by atoms with Gasteiger partial charge in [-0.25, -0.2) is 9.97 Å². The number of furan rings is 1. The number of aryl methyl sites for hydroxylation is 1. The smallest absolute Gasteiger partial charge is 0.224 e. The largest absolute Gasteiger partial charge is 0.467 e. The highest BCUT2D eigenvalue weighted by atomic mass is 35.5. The number of nitrogens with zero attached hydrogens (tertiary/aromatic N) is 4. The summed E-state index contributed by atoms with van der Waals surface area (Å²) in [6.07, 6.45) is 4.88. The van der Waals surface area contributed by atoms with Crippen molar-refractivity contribution in [2.24, 2.45) is 0 Å². The quantitative estimate of drug-likeness (QED) is 0.504. The molecule has 6 nitrogen and oxygen atoms in total. The third kappa shape index (κ3) is 4.55. The van der Waals surface area contributed by atoms with Crippen LogP contribution in [0.3, 0.4) is 0 Å². The summed E-state index contributed by atoms with van der Waals surface area (Å²) in [5.41, 5.74) is 0.665. The SMILES string of the molecule is CCc1nc(N(CCC(=O)N2CCCC2)Cc2ccco2)c2cc(Cl)cc(Cl)c2n1.